The number of fused-ring (bicyclic) bond motifs is 3. The standard InChI is InChI=1S/C29H38O8/c1-18-13-19(2)15-25(32)29-27(37-29)17-26(24(31)10-9-22-16-20(30)11-12-34-22)36-28(33)8-4-6-21-5-3-7-23(14-18)35-21/h3-5,8-12,18,21-27,29,31-32H,2,6-7,13-17H2,1H3/b8-4-,10-9+/t18-,21-,22?,23-,24-,25-,26?,27-,29-/m0/s1. The van der Waals surface area contributed by atoms with Gasteiger partial charge in [0.05, 0.1) is 37.1 Å². The summed E-state index contributed by atoms with van der Waals surface area (Å²) in [5.74, 6) is -0.283. The molecule has 4 aliphatic heterocycles. The molecular formula is C29H38O8. The second-order valence-electron chi connectivity index (χ2n) is 10.5. The van der Waals surface area contributed by atoms with Gasteiger partial charge < -0.3 is 29.2 Å². The van der Waals surface area contributed by atoms with Crippen molar-refractivity contribution in [1.82, 2.24) is 0 Å². The van der Waals surface area contributed by atoms with E-state index in [9.17, 15) is 19.8 Å². The van der Waals surface area contributed by atoms with Crippen LogP contribution in [0.25, 0.3) is 0 Å². The van der Waals surface area contributed by atoms with Crippen molar-refractivity contribution in [3.63, 3.8) is 0 Å². The zero-order valence-electron chi connectivity index (χ0n) is 21.3. The number of hydrogen-bond acceptors (Lipinski definition) is 8. The number of ketones is 1. The van der Waals surface area contributed by atoms with Gasteiger partial charge >= 0.3 is 5.97 Å². The number of esters is 1. The smallest absolute Gasteiger partial charge is 0.330 e. The summed E-state index contributed by atoms with van der Waals surface area (Å²) in [6.07, 6.45) is 12.9. The van der Waals surface area contributed by atoms with Gasteiger partial charge in [0.15, 0.2) is 5.78 Å². The monoisotopic (exact) mass is 514 g/mol. The topological polar surface area (TPSA) is 115 Å². The highest BCUT2D eigenvalue weighted by molar-refractivity contribution is 5.90. The highest BCUT2D eigenvalue weighted by Gasteiger charge is 2.46. The molecule has 1 saturated heterocycles. The van der Waals surface area contributed by atoms with Crippen LogP contribution < -0.4 is 0 Å². The molecule has 0 saturated carbocycles. The fourth-order valence-corrected chi connectivity index (χ4v) is 5.20. The number of epoxide rings is 1. The summed E-state index contributed by atoms with van der Waals surface area (Å²) in [6, 6.07) is 0. The Hall–Kier alpha value is -2.52. The van der Waals surface area contributed by atoms with Gasteiger partial charge in [-0.2, -0.15) is 0 Å². The van der Waals surface area contributed by atoms with Crippen molar-refractivity contribution in [3.8, 4) is 0 Å². The molecule has 4 aliphatic rings. The Morgan fingerprint density at radius 2 is 1.92 bits per heavy atom. The molecule has 9 atom stereocenters. The van der Waals surface area contributed by atoms with Crippen LogP contribution in [0.15, 0.2) is 60.9 Å². The Morgan fingerprint density at radius 1 is 1.08 bits per heavy atom. The number of rotatable bonds is 3. The van der Waals surface area contributed by atoms with Crippen LogP contribution >= 0.6 is 0 Å². The van der Waals surface area contributed by atoms with Crippen LogP contribution in [0.3, 0.4) is 0 Å². The van der Waals surface area contributed by atoms with Crippen molar-refractivity contribution in [2.45, 2.75) is 101 Å². The molecule has 2 bridgehead atoms. The molecule has 4 rings (SSSR count). The van der Waals surface area contributed by atoms with E-state index in [4.69, 9.17) is 18.9 Å². The third-order valence-electron chi connectivity index (χ3n) is 7.09. The molecule has 4 heterocycles. The zero-order valence-corrected chi connectivity index (χ0v) is 21.3. The third kappa shape index (κ3) is 8.50. The van der Waals surface area contributed by atoms with Crippen LogP contribution in [0.4, 0.5) is 0 Å². The van der Waals surface area contributed by atoms with E-state index in [1.54, 1.807) is 12.2 Å². The fourth-order valence-electron chi connectivity index (χ4n) is 5.20. The molecule has 1 fully saturated rings. The van der Waals surface area contributed by atoms with Crippen LogP contribution in [-0.2, 0) is 28.5 Å². The SMILES string of the molecule is C=C1C[C@H](C)C[C@@H]2CC=C[C@@H](C/C=C\C(=O)OC([C@@H](O)/C=C/C3CC(=O)C=CO3)C[C@@H]3O[C@H]3[C@@H](O)C1)O2. The van der Waals surface area contributed by atoms with Crippen molar-refractivity contribution < 1.29 is 38.7 Å². The average Bonchev–Trinajstić information content (AvgIpc) is 3.61. The van der Waals surface area contributed by atoms with Gasteiger partial charge in [-0.15, -0.1) is 0 Å². The van der Waals surface area contributed by atoms with Crippen molar-refractivity contribution >= 4 is 11.8 Å². The number of carbonyl (C=O) groups is 2. The van der Waals surface area contributed by atoms with Gasteiger partial charge in [-0.1, -0.05) is 43.4 Å². The van der Waals surface area contributed by atoms with Crippen molar-refractivity contribution in [2.75, 3.05) is 0 Å². The third-order valence-corrected chi connectivity index (χ3v) is 7.09. The molecule has 2 unspecified atom stereocenters. The lowest BCUT2D eigenvalue weighted by molar-refractivity contribution is -0.148. The van der Waals surface area contributed by atoms with E-state index in [0.29, 0.717) is 18.8 Å². The van der Waals surface area contributed by atoms with E-state index in [1.807, 2.05) is 6.08 Å². The Balaban J connectivity index is 1.45. The Kier molecular flexibility index (Phi) is 9.54. The van der Waals surface area contributed by atoms with Crippen LogP contribution in [-0.4, -0.2) is 70.8 Å². The summed E-state index contributed by atoms with van der Waals surface area (Å²) in [6.45, 7) is 6.34. The van der Waals surface area contributed by atoms with Crippen molar-refractivity contribution in [2.24, 2.45) is 5.92 Å². The van der Waals surface area contributed by atoms with Gasteiger partial charge in [-0.3, -0.25) is 4.79 Å². The maximum Gasteiger partial charge on any atom is 0.330 e. The predicted octanol–water partition coefficient (Wildman–Crippen LogP) is 3.24. The average molecular weight is 515 g/mol. The van der Waals surface area contributed by atoms with Crippen LogP contribution in [0.2, 0.25) is 0 Å². The van der Waals surface area contributed by atoms with E-state index in [0.717, 1.165) is 24.8 Å². The minimum Gasteiger partial charge on any atom is -0.493 e. The summed E-state index contributed by atoms with van der Waals surface area (Å²) in [4.78, 5) is 24.2. The summed E-state index contributed by atoms with van der Waals surface area (Å²) in [5, 5.41) is 21.5. The molecule has 0 amide bonds. The Bertz CT molecular complexity index is 950. The second kappa shape index (κ2) is 12.8. The zero-order chi connectivity index (χ0) is 26.4. The molecule has 0 aromatic heterocycles. The largest absolute Gasteiger partial charge is 0.493 e. The summed E-state index contributed by atoms with van der Waals surface area (Å²) in [7, 11) is 0. The minimum atomic E-state index is -1.14. The first kappa shape index (κ1) is 27.5. The minimum absolute atomic E-state index is 0.0644. The van der Waals surface area contributed by atoms with Gasteiger partial charge in [0, 0.05) is 18.6 Å². The second-order valence-corrected chi connectivity index (χ2v) is 10.5. The molecule has 8 nitrogen and oxygen atoms in total. The number of carbonyl (C=O) groups excluding carboxylic acids is 2. The van der Waals surface area contributed by atoms with Crippen molar-refractivity contribution in [3.05, 3.63) is 60.9 Å². The number of cyclic esters (lactones) is 1. The number of aliphatic hydroxyl groups excluding tert-OH is 2. The Labute approximate surface area is 218 Å². The highest BCUT2D eigenvalue weighted by Crippen LogP contribution is 2.34. The van der Waals surface area contributed by atoms with Crippen LogP contribution in [0, 0.1) is 5.92 Å². The molecule has 0 aromatic carbocycles. The molecule has 37 heavy (non-hydrogen) atoms. The first-order chi connectivity index (χ1) is 17.8. The molecule has 0 radical (unpaired) electrons. The lowest BCUT2D eigenvalue weighted by Crippen LogP contribution is -2.32. The normalized spacial score (nSPS) is 39.2. The lowest BCUT2D eigenvalue weighted by atomic mass is 9.91. The van der Waals surface area contributed by atoms with E-state index < -0.39 is 36.5 Å². The molecule has 8 heteroatoms. The quantitative estimate of drug-likeness (QED) is 0.335. The lowest BCUT2D eigenvalue weighted by Gasteiger charge is -2.28. The molecule has 0 spiro atoms. The summed E-state index contributed by atoms with van der Waals surface area (Å²) >= 11 is 0. The van der Waals surface area contributed by atoms with Gasteiger partial charge in [-0.05, 0) is 44.1 Å². The molecule has 2 N–H and O–H groups in total. The molecule has 0 aromatic rings. The molecular weight excluding hydrogens is 476 g/mol. The maximum atomic E-state index is 12.6. The summed E-state index contributed by atoms with van der Waals surface area (Å²) < 4.78 is 22.9. The first-order valence-electron chi connectivity index (χ1n) is 13.2. The molecule has 202 valence electrons. The number of hydrogen-bond donors (Lipinski definition) is 2. The van der Waals surface area contributed by atoms with Gasteiger partial charge in [0.25, 0.3) is 0 Å². The number of aliphatic hydroxyl groups is 2. The van der Waals surface area contributed by atoms with Crippen molar-refractivity contribution in [1.29, 1.82) is 0 Å². The van der Waals surface area contributed by atoms with E-state index >= 15 is 0 Å². The van der Waals surface area contributed by atoms with Gasteiger partial charge in [0.2, 0.25) is 0 Å². The fraction of sp³-hybridized carbons (Fsp3) is 0.586. The van der Waals surface area contributed by atoms with Gasteiger partial charge in [-0.25, -0.2) is 4.79 Å². The van der Waals surface area contributed by atoms with Crippen LogP contribution in [0.5, 0.6) is 0 Å². The summed E-state index contributed by atoms with van der Waals surface area (Å²) in [5.41, 5.74) is 0.961. The highest BCUT2D eigenvalue weighted by atomic mass is 16.6. The van der Waals surface area contributed by atoms with E-state index in [1.165, 1.54) is 24.5 Å². The first-order valence-corrected chi connectivity index (χ1v) is 13.2. The number of ether oxygens (including phenoxy) is 4. The predicted molar refractivity (Wildman–Crippen MR) is 136 cm³/mol. The Morgan fingerprint density at radius 3 is 2.73 bits per heavy atom. The van der Waals surface area contributed by atoms with E-state index in [-0.39, 0.29) is 36.9 Å². The van der Waals surface area contributed by atoms with Crippen LogP contribution in [0.1, 0.15) is 51.9 Å². The van der Waals surface area contributed by atoms with E-state index in [2.05, 4.69) is 19.6 Å². The maximum absolute atomic E-state index is 12.6. The van der Waals surface area contributed by atoms with Gasteiger partial charge in [0.1, 0.15) is 24.4 Å². The number of allylic oxidation sites excluding steroid dienone is 1. The molecule has 0 aliphatic carbocycles.